The fourth-order valence-electron chi connectivity index (χ4n) is 2.86. The number of nitro benzene ring substituents is 1. The number of amides is 1. The van der Waals surface area contributed by atoms with Crippen molar-refractivity contribution in [1.82, 2.24) is 15.1 Å². The monoisotopic (exact) mass is 334 g/mol. The summed E-state index contributed by atoms with van der Waals surface area (Å²) in [6.45, 7) is 1.27. The minimum absolute atomic E-state index is 0.0202. The zero-order chi connectivity index (χ0) is 16.4. The normalized spacial score (nSPS) is 15.6. The molecule has 1 aromatic carbocycles. The molecule has 0 aliphatic carbocycles. The van der Waals surface area contributed by atoms with Crippen molar-refractivity contribution in [2.45, 2.75) is 18.8 Å². The van der Waals surface area contributed by atoms with Gasteiger partial charge in [-0.25, -0.2) is 0 Å². The molecule has 2 heterocycles. The Bertz CT molecular complexity index is 724. The summed E-state index contributed by atoms with van der Waals surface area (Å²) in [4.78, 5) is 24.5. The van der Waals surface area contributed by atoms with Crippen LogP contribution >= 0.6 is 11.6 Å². The highest BCUT2D eigenvalue weighted by Crippen LogP contribution is 2.29. The molecule has 1 fully saturated rings. The Morgan fingerprint density at radius 2 is 2.09 bits per heavy atom. The molecular weight excluding hydrogens is 320 g/mol. The Morgan fingerprint density at radius 3 is 2.65 bits per heavy atom. The zero-order valence-electron chi connectivity index (χ0n) is 12.2. The van der Waals surface area contributed by atoms with E-state index in [9.17, 15) is 14.9 Å². The number of carbonyl (C=O) groups excluding carboxylic acids is 1. The van der Waals surface area contributed by atoms with Gasteiger partial charge in [-0.15, -0.1) is 0 Å². The van der Waals surface area contributed by atoms with Gasteiger partial charge >= 0.3 is 0 Å². The summed E-state index contributed by atoms with van der Waals surface area (Å²) >= 11 is 5.87. The van der Waals surface area contributed by atoms with E-state index < -0.39 is 4.92 Å². The number of carbonyl (C=O) groups is 1. The molecular formula is C15H15ClN4O3. The number of benzene rings is 1. The SMILES string of the molecule is O=C(c1ccc([N+](=O)[O-])c(Cl)c1)N1CCC(c2ccn[nH]2)CC1. The number of halogens is 1. The molecule has 23 heavy (non-hydrogen) atoms. The van der Waals surface area contributed by atoms with Crippen LogP contribution in [0, 0.1) is 10.1 Å². The number of nitrogens with zero attached hydrogens (tertiary/aromatic N) is 3. The van der Waals surface area contributed by atoms with E-state index in [0.29, 0.717) is 24.6 Å². The fourth-order valence-corrected chi connectivity index (χ4v) is 3.11. The molecule has 1 saturated heterocycles. The van der Waals surface area contributed by atoms with Crippen molar-refractivity contribution in [3.63, 3.8) is 0 Å². The van der Waals surface area contributed by atoms with Gasteiger partial charge in [0.1, 0.15) is 5.02 Å². The van der Waals surface area contributed by atoms with Gasteiger partial charge in [0.15, 0.2) is 0 Å². The molecule has 1 aliphatic rings. The Kier molecular flexibility index (Phi) is 4.29. The number of piperidine rings is 1. The minimum Gasteiger partial charge on any atom is -0.339 e. The van der Waals surface area contributed by atoms with Crippen LogP contribution in [-0.2, 0) is 0 Å². The quantitative estimate of drug-likeness (QED) is 0.689. The second-order valence-electron chi connectivity index (χ2n) is 5.50. The second kappa shape index (κ2) is 6.37. The Hall–Kier alpha value is -2.41. The number of nitrogens with one attached hydrogen (secondary N) is 1. The van der Waals surface area contributed by atoms with Crippen molar-refractivity contribution in [3.8, 4) is 0 Å². The predicted octanol–water partition coefficient (Wildman–Crippen LogP) is 2.99. The fraction of sp³-hybridized carbons (Fsp3) is 0.333. The van der Waals surface area contributed by atoms with Gasteiger partial charge < -0.3 is 4.90 Å². The molecule has 3 rings (SSSR count). The van der Waals surface area contributed by atoms with Crippen LogP contribution in [0.5, 0.6) is 0 Å². The maximum Gasteiger partial charge on any atom is 0.287 e. The van der Waals surface area contributed by atoms with Crippen molar-refractivity contribution in [3.05, 3.63) is 56.9 Å². The first-order valence-corrected chi connectivity index (χ1v) is 7.66. The van der Waals surface area contributed by atoms with Gasteiger partial charge in [-0.3, -0.25) is 20.0 Å². The van der Waals surface area contributed by atoms with Gasteiger partial charge in [-0.2, -0.15) is 5.10 Å². The van der Waals surface area contributed by atoms with Crippen LogP contribution in [0.3, 0.4) is 0 Å². The second-order valence-corrected chi connectivity index (χ2v) is 5.91. The molecule has 1 amide bonds. The van der Waals surface area contributed by atoms with Gasteiger partial charge in [0.05, 0.1) is 4.92 Å². The summed E-state index contributed by atoms with van der Waals surface area (Å²) in [5.74, 6) is 0.229. The van der Waals surface area contributed by atoms with Crippen molar-refractivity contribution in [2.24, 2.45) is 0 Å². The van der Waals surface area contributed by atoms with Crippen LogP contribution in [0.1, 0.15) is 34.8 Å². The molecule has 120 valence electrons. The van der Waals surface area contributed by atoms with Crippen molar-refractivity contribution < 1.29 is 9.72 Å². The highest BCUT2D eigenvalue weighted by molar-refractivity contribution is 6.33. The number of hydrogen-bond donors (Lipinski definition) is 1. The van der Waals surface area contributed by atoms with E-state index in [-0.39, 0.29) is 16.6 Å². The summed E-state index contributed by atoms with van der Waals surface area (Å²) in [6, 6.07) is 6.04. The van der Waals surface area contributed by atoms with Crippen LogP contribution in [-0.4, -0.2) is 39.0 Å². The number of aromatic nitrogens is 2. The van der Waals surface area contributed by atoms with E-state index in [1.165, 1.54) is 18.2 Å². The van der Waals surface area contributed by atoms with E-state index in [0.717, 1.165) is 18.5 Å². The maximum atomic E-state index is 12.5. The molecule has 0 spiro atoms. The van der Waals surface area contributed by atoms with Crippen molar-refractivity contribution >= 4 is 23.2 Å². The van der Waals surface area contributed by atoms with Crippen LogP contribution in [0.25, 0.3) is 0 Å². The zero-order valence-corrected chi connectivity index (χ0v) is 13.0. The molecule has 1 N–H and O–H groups in total. The van der Waals surface area contributed by atoms with E-state index in [2.05, 4.69) is 10.2 Å². The molecule has 1 aliphatic heterocycles. The molecule has 7 nitrogen and oxygen atoms in total. The number of hydrogen-bond acceptors (Lipinski definition) is 4. The number of rotatable bonds is 3. The Labute approximate surface area is 137 Å². The van der Waals surface area contributed by atoms with Crippen molar-refractivity contribution in [1.29, 1.82) is 0 Å². The van der Waals surface area contributed by atoms with Crippen LogP contribution in [0.15, 0.2) is 30.5 Å². The average Bonchev–Trinajstić information content (AvgIpc) is 3.08. The number of likely N-dealkylation sites (tertiary alicyclic amines) is 1. The van der Waals surface area contributed by atoms with Gasteiger partial charge in [-0.1, -0.05) is 11.6 Å². The molecule has 0 bridgehead atoms. The summed E-state index contributed by atoms with van der Waals surface area (Å²) in [5, 5.41) is 17.7. The molecule has 0 atom stereocenters. The molecule has 1 aromatic heterocycles. The lowest BCUT2D eigenvalue weighted by molar-refractivity contribution is -0.384. The molecule has 0 unspecified atom stereocenters. The van der Waals surface area contributed by atoms with Gasteiger partial charge in [0.25, 0.3) is 11.6 Å². The first-order chi connectivity index (χ1) is 11.1. The third-order valence-corrected chi connectivity index (χ3v) is 4.44. The number of H-pyrrole nitrogens is 1. The van der Waals surface area contributed by atoms with Crippen LogP contribution < -0.4 is 0 Å². The summed E-state index contributed by atoms with van der Waals surface area (Å²) in [6.07, 6.45) is 3.44. The van der Waals surface area contributed by atoms with E-state index >= 15 is 0 Å². The maximum absolute atomic E-state index is 12.5. The highest BCUT2D eigenvalue weighted by atomic mass is 35.5. The number of nitro groups is 1. The predicted molar refractivity (Wildman–Crippen MR) is 84.6 cm³/mol. The van der Waals surface area contributed by atoms with Gasteiger partial charge in [0.2, 0.25) is 0 Å². The summed E-state index contributed by atoms with van der Waals surface area (Å²) in [5.41, 5.74) is 1.28. The smallest absolute Gasteiger partial charge is 0.287 e. The standard InChI is InChI=1S/C15H15ClN4O3/c16-12-9-11(1-2-14(12)20(22)23)15(21)19-7-4-10(5-8-19)13-3-6-17-18-13/h1-3,6,9-10H,4-5,7-8H2,(H,17,18). The lowest BCUT2D eigenvalue weighted by atomic mass is 9.93. The lowest BCUT2D eigenvalue weighted by Crippen LogP contribution is -2.38. The third kappa shape index (κ3) is 3.19. The summed E-state index contributed by atoms with van der Waals surface area (Å²) < 4.78 is 0. The van der Waals surface area contributed by atoms with Crippen molar-refractivity contribution in [2.75, 3.05) is 13.1 Å². The molecule has 0 saturated carbocycles. The topological polar surface area (TPSA) is 92.1 Å². The van der Waals surface area contributed by atoms with Crippen LogP contribution in [0.2, 0.25) is 5.02 Å². The average molecular weight is 335 g/mol. The first kappa shape index (κ1) is 15.5. The van der Waals surface area contributed by atoms with E-state index in [4.69, 9.17) is 11.6 Å². The lowest BCUT2D eigenvalue weighted by Gasteiger charge is -2.31. The van der Waals surface area contributed by atoms with Gasteiger partial charge in [0, 0.05) is 42.5 Å². The largest absolute Gasteiger partial charge is 0.339 e. The first-order valence-electron chi connectivity index (χ1n) is 7.28. The van der Waals surface area contributed by atoms with Gasteiger partial charge in [-0.05, 0) is 31.0 Å². The third-order valence-electron chi connectivity index (χ3n) is 4.14. The molecule has 0 radical (unpaired) electrons. The van der Waals surface area contributed by atoms with E-state index in [1.807, 2.05) is 6.07 Å². The molecule has 2 aromatic rings. The minimum atomic E-state index is -0.563. The van der Waals surface area contributed by atoms with E-state index in [1.54, 1.807) is 11.1 Å². The molecule has 8 heteroatoms. The Morgan fingerprint density at radius 1 is 1.35 bits per heavy atom. The number of aromatic amines is 1. The Balaban J connectivity index is 1.68. The van der Waals surface area contributed by atoms with Crippen LogP contribution in [0.4, 0.5) is 5.69 Å². The summed E-state index contributed by atoms with van der Waals surface area (Å²) in [7, 11) is 0. The highest BCUT2D eigenvalue weighted by Gasteiger charge is 2.26.